The summed E-state index contributed by atoms with van der Waals surface area (Å²) in [5.41, 5.74) is 0. The van der Waals surface area contributed by atoms with Crippen LogP contribution in [0.15, 0.2) is 24.3 Å². The van der Waals surface area contributed by atoms with Crippen molar-refractivity contribution in [2.75, 3.05) is 34.3 Å². The average molecular weight is 663 g/mol. The van der Waals surface area contributed by atoms with Crippen LogP contribution < -0.4 is 0 Å². The fourth-order valence-electron chi connectivity index (χ4n) is 5.92. The Bertz CT molecular complexity index is 754. The van der Waals surface area contributed by atoms with E-state index in [0.29, 0.717) is 23.9 Å². The van der Waals surface area contributed by atoms with Crippen molar-refractivity contribution in [2.24, 2.45) is 0 Å². The first kappa shape index (κ1) is 45.4. The van der Waals surface area contributed by atoms with Crippen molar-refractivity contribution in [3.63, 3.8) is 0 Å². The normalized spacial score (nSPS) is 12.7. The molecule has 0 saturated carbocycles. The van der Waals surface area contributed by atoms with Gasteiger partial charge in [0.05, 0.1) is 21.1 Å². The van der Waals surface area contributed by atoms with Gasteiger partial charge in [-0.1, -0.05) is 141 Å². The Morgan fingerprint density at radius 1 is 0.489 bits per heavy atom. The van der Waals surface area contributed by atoms with E-state index >= 15 is 0 Å². The molecule has 47 heavy (non-hydrogen) atoms. The molecule has 0 heterocycles. The summed E-state index contributed by atoms with van der Waals surface area (Å²) in [5.74, 6) is -0.350. The molecule has 0 aliphatic carbocycles. The Hall–Kier alpha value is -1.62. The number of carbonyl (C=O) groups excluding carboxylic acids is 2. The van der Waals surface area contributed by atoms with E-state index < -0.39 is 6.10 Å². The van der Waals surface area contributed by atoms with Gasteiger partial charge in [-0.25, -0.2) is 0 Å². The molecule has 5 nitrogen and oxygen atoms in total. The number of ether oxygens (including phenoxy) is 2. The fourth-order valence-corrected chi connectivity index (χ4v) is 5.92. The highest BCUT2D eigenvalue weighted by Crippen LogP contribution is 2.13. The van der Waals surface area contributed by atoms with E-state index in [1.807, 2.05) is 0 Å². The van der Waals surface area contributed by atoms with Crippen LogP contribution in [0.2, 0.25) is 0 Å². The van der Waals surface area contributed by atoms with Crippen molar-refractivity contribution in [1.82, 2.24) is 0 Å². The van der Waals surface area contributed by atoms with Gasteiger partial charge in [-0.15, -0.1) is 0 Å². The number of rotatable bonds is 35. The van der Waals surface area contributed by atoms with Crippen LogP contribution in [0.3, 0.4) is 0 Å². The minimum absolute atomic E-state index is 0.150. The Morgan fingerprint density at radius 3 is 1.21 bits per heavy atom. The second-order valence-electron chi connectivity index (χ2n) is 14.9. The summed E-state index contributed by atoms with van der Waals surface area (Å²) in [6, 6.07) is 0. The van der Waals surface area contributed by atoms with Crippen molar-refractivity contribution < 1.29 is 23.5 Å². The predicted octanol–water partition coefficient (Wildman–Crippen LogP) is 12.2. The summed E-state index contributed by atoms with van der Waals surface area (Å²) < 4.78 is 12.0. The quantitative estimate of drug-likeness (QED) is 0.0293. The monoisotopic (exact) mass is 663 g/mol. The van der Waals surface area contributed by atoms with Crippen molar-refractivity contribution in [2.45, 2.75) is 200 Å². The third-order valence-corrected chi connectivity index (χ3v) is 8.77. The molecule has 0 unspecified atom stereocenters. The topological polar surface area (TPSA) is 52.6 Å². The second-order valence-corrected chi connectivity index (χ2v) is 14.9. The number of esters is 2. The molecule has 5 heteroatoms. The Kier molecular flexibility index (Phi) is 33.1. The second kappa shape index (κ2) is 34.3. The lowest BCUT2D eigenvalue weighted by atomic mass is 10.1. The molecular weight excluding hydrogens is 582 g/mol. The zero-order valence-electron chi connectivity index (χ0n) is 32.2. The third-order valence-electron chi connectivity index (χ3n) is 8.77. The SMILES string of the molecule is CCCCCCCC/C=C\CCCCCCCC(=O)OC[C@@H](C[N+](C)(C)C)OC(=O)CCCCCCC/C=C\CCCCCCCC. The van der Waals surface area contributed by atoms with E-state index in [1.165, 1.54) is 128 Å². The molecule has 1 atom stereocenters. The molecule has 0 saturated heterocycles. The lowest BCUT2D eigenvalue weighted by Gasteiger charge is -2.28. The predicted molar refractivity (Wildman–Crippen MR) is 203 cm³/mol. The van der Waals surface area contributed by atoms with E-state index in [4.69, 9.17) is 9.47 Å². The largest absolute Gasteiger partial charge is 0.461 e. The van der Waals surface area contributed by atoms with E-state index in [0.717, 1.165) is 38.5 Å². The maximum atomic E-state index is 12.6. The number of allylic oxidation sites excluding steroid dienone is 4. The van der Waals surface area contributed by atoms with E-state index in [1.54, 1.807) is 0 Å². The number of hydrogen-bond donors (Lipinski definition) is 0. The zero-order chi connectivity index (χ0) is 34.7. The van der Waals surface area contributed by atoms with Gasteiger partial charge in [-0.2, -0.15) is 0 Å². The van der Waals surface area contributed by atoms with Crippen LogP contribution in [0.5, 0.6) is 0 Å². The Labute approximate surface area is 293 Å². The molecule has 0 aromatic heterocycles. The number of likely N-dealkylation sites (N-methyl/N-ethyl adjacent to an activating group) is 1. The molecule has 276 valence electrons. The molecule has 0 radical (unpaired) electrons. The third kappa shape index (κ3) is 37.1. The van der Waals surface area contributed by atoms with Crippen LogP contribution in [0, 0.1) is 0 Å². The van der Waals surface area contributed by atoms with Gasteiger partial charge in [-0.3, -0.25) is 9.59 Å². The number of unbranched alkanes of at least 4 members (excludes halogenated alkanes) is 22. The molecule has 0 N–H and O–H groups in total. The van der Waals surface area contributed by atoms with Crippen LogP contribution in [0.1, 0.15) is 194 Å². The molecule has 0 fully saturated rings. The average Bonchev–Trinajstić information content (AvgIpc) is 3.03. The fraction of sp³-hybridized carbons (Fsp3) is 0.857. The van der Waals surface area contributed by atoms with Gasteiger partial charge in [0.2, 0.25) is 0 Å². The molecule has 0 aliphatic rings. The summed E-state index contributed by atoms with van der Waals surface area (Å²) in [6.07, 6.45) is 42.1. The van der Waals surface area contributed by atoms with E-state index in [-0.39, 0.29) is 18.5 Å². The smallest absolute Gasteiger partial charge is 0.306 e. The molecule has 0 bridgehead atoms. The first-order valence-corrected chi connectivity index (χ1v) is 20.2. The molecule has 0 spiro atoms. The van der Waals surface area contributed by atoms with E-state index in [9.17, 15) is 9.59 Å². The molecule has 0 rings (SSSR count). The standard InChI is InChI=1S/C42H80NO4/c1-6-8-10-12-14-16-18-20-22-24-26-28-30-32-34-36-41(44)46-39-40(38-43(3,4)5)47-42(45)37-35-33-31-29-27-25-23-21-19-17-15-13-11-9-7-2/h20-23,40H,6-19,24-39H2,1-5H3/q+1/b22-20-,23-21-/t40-/m1/s1. The molecule has 0 aromatic rings. The van der Waals surface area contributed by atoms with Gasteiger partial charge in [0, 0.05) is 12.8 Å². The highest BCUT2D eigenvalue weighted by atomic mass is 16.6. The lowest BCUT2D eigenvalue weighted by molar-refractivity contribution is -0.873. The van der Waals surface area contributed by atoms with Crippen LogP contribution in [0.4, 0.5) is 0 Å². The van der Waals surface area contributed by atoms with Crippen LogP contribution in [-0.4, -0.2) is 56.8 Å². The van der Waals surface area contributed by atoms with Crippen LogP contribution >= 0.6 is 0 Å². The van der Waals surface area contributed by atoms with Gasteiger partial charge in [0.25, 0.3) is 0 Å². The summed E-state index contributed by atoms with van der Waals surface area (Å²) in [5, 5.41) is 0. The van der Waals surface area contributed by atoms with Crippen LogP contribution in [0.25, 0.3) is 0 Å². The Balaban J connectivity index is 3.89. The summed E-state index contributed by atoms with van der Waals surface area (Å²) in [6.45, 7) is 5.31. The van der Waals surface area contributed by atoms with Gasteiger partial charge in [0.1, 0.15) is 13.2 Å². The maximum Gasteiger partial charge on any atom is 0.306 e. The van der Waals surface area contributed by atoms with Gasteiger partial charge in [-0.05, 0) is 64.2 Å². The molecule has 0 amide bonds. The van der Waals surface area contributed by atoms with Gasteiger partial charge < -0.3 is 14.0 Å². The summed E-state index contributed by atoms with van der Waals surface area (Å²) >= 11 is 0. The van der Waals surface area contributed by atoms with Crippen LogP contribution in [-0.2, 0) is 19.1 Å². The molecule has 0 aliphatic heterocycles. The van der Waals surface area contributed by atoms with Gasteiger partial charge in [0.15, 0.2) is 6.10 Å². The highest BCUT2D eigenvalue weighted by molar-refractivity contribution is 5.70. The molecule has 0 aromatic carbocycles. The first-order chi connectivity index (χ1) is 22.8. The number of hydrogen-bond acceptors (Lipinski definition) is 4. The lowest BCUT2D eigenvalue weighted by Crippen LogP contribution is -2.45. The zero-order valence-corrected chi connectivity index (χ0v) is 32.2. The highest BCUT2D eigenvalue weighted by Gasteiger charge is 2.23. The van der Waals surface area contributed by atoms with E-state index in [2.05, 4.69) is 59.3 Å². The minimum Gasteiger partial charge on any atom is -0.461 e. The van der Waals surface area contributed by atoms with Crippen molar-refractivity contribution in [3.8, 4) is 0 Å². The number of carbonyl (C=O) groups is 2. The first-order valence-electron chi connectivity index (χ1n) is 20.2. The molecular formula is C42H80NO4+. The summed E-state index contributed by atoms with van der Waals surface area (Å²) in [7, 11) is 6.20. The van der Waals surface area contributed by atoms with Crippen molar-refractivity contribution >= 4 is 11.9 Å². The Morgan fingerprint density at radius 2 is 0.830 bits per heavy atom. The maximum absolute atomic E-state index is 12.6. The summed E-state index contributed by atoms with van der Waals surface area (Å²) in [4.78, 5) is 24.9. The number of quaternary nitrogens is 1. The van der Waals surface area contributed by atoms with Crippen molar-refractivity contribution in [3.05, 3.63) is 24.3 Å². The van der Waals surface area contributed by atoms with Crippen molar-refractivity contribution in [1.29, 1.82) is 0 Å². The minimum atomic E-state index is -0.399. The number of nitrogens with zero attached hydrogens (tertiary/aromatic N) is 1. The van der Waals surface area contributed by atoms with Gasteiger partial charge >= 0.3 is 11.9 Å².